The van der Waals surface area contributed by atoms with Crippen LogP contribution >= 0.6 is 0 Å². The molecule has 6 nitrogen and oxygen atoms in total. The van der Waals surface area contributed by atoms with Gasteiger partial charge in [-0.2, -0.15) is 0 Å². The number of carbonyl (C=O) groups excluding carboxylic acids is 1. The molecule has 1 amide bonds. The van der Waals surface area contributed by atoms with Crippen molar-refractivity contribution >= 4 is 33.8 Å². The zero-order chi connectivity index (χ0) is 21.3. The topological polar surface area (TPSA) is 94.8 Å². The van der Waals surface area contributed by atoms with Gasteiger partial charge in [0.25, 0.3) is 11.1 Å². The first-order valence-electron chi connectivity index (χ1n) is 9.62. The van der Waals surface area contributed by atoms with Gasteiger partial charge in [-0.25, -0.2) is 0 Å². The van der Waals surface area contributed by atoms with Crippen molar-refractivity contribution in [1.29, 1.82) is 0 Å². The fourth-order valence-corrected chi connectivity index (χ4v) is 3.35. The molecular weight excluding hydrogens is 378 g/mol. The average Bonchev–Trinajstić information content (AvgIpc) is 2.72. The Morgan fingerprint density at radius 3 is 2.47 bits per heavy atom. The molecule has 0 unspecified atom stereocenters. The van der Waals surface area contributed by atoms with E-state index in [0.29, 0.717) is 11.1 Å². The number of nitrogens with one attached hydrogen (secondary N) is 3. The van der Waals surface area contributed by atoms with Gasteiger partial charge in [-0.3, -0.25) is 14.4 Å². The highest BCUT2D eigenvalue weighted by molar-refractivity contribution is 5.92. The predicted octanol–water partition coefficient (Wildman–Crippen LogP) is 3.32. The lowest BCUT2D eigenvalue weighted by molar-refractivity contribution is -0.116. The first-order chi connectivity index (χ1) is 14.4. The minimum Gasteiger partial charge on any atom is -0.348 e. The van der Waals surface area contributed by atoms with Crippen LogP contribution in [0.25, 0.3) is 27.9 Å². The Morgan fingerprint density at radius 2 is 1.63 bits per heavy atom. The van der Waals surface area contributed by atoms with Crippen LogP contribution in [-0.4, -0.2) is 15.9 Å². The highest BCUT2D eigenvalue weighted by atomic mass is 16.1. The van der Waals surface area contributed by atoms with E-state index in [1.165, 1.54) is 12.2 Å². The Morgan fingerprint density at radius 1 is 0.900 bits per heavy atom. The van der Waals surface area contributed by atoms with Crippen LogP contribution < -0.4 is 16.4 Å². The summed E-state index contributed by atoms with van der Waals surface area (Å²) in [7, 11) is 0. The molecule has 2 heterocycles. The molecule has 3 N–H and O–H groups in total. The van der Waals surface area contributed by atoms with Gasteiger partial charge < -0.3 is 15.3 Å². The van der Waals surface area contributed by atoms with Crippen molar-refractivity contribution < 1.29 is 4.79 Å². The van der Waals surface area contributed by atoms with E-state index in [0.717, 1.165) is 32.9 Å². The van der Waals surface area contributed by atoms with Crippen LogP contribution in [-0.2, 0) is 11.3 Å². The van der Waals surface area contributed by atoms with Crippen LogP contribution in [0.3, 0.4) is 0 Å². The molecule has 0 atom stereocenters. The lowest BCUT2D eigenvalue weighted by Crippen LogP contribution is -2.25. The van der Waals surface area contributed by atoms with Crippen molar-refractivity contribution in [2.45, 2.75) is 20.4 Å². The summed E-state index contributed by atoms with van der Waals surface area (Å²) in [5, 5.41) is 4.50. The highest BCUT2D eigenvalue weighted by Gasteiger charge is 2.06. The van der Waals surface area contributed by atoms with Gasteiger partial charge in [0, 0.05) is 34.8 Å². The third-order valence-corrected chi connectivity index (χ3v) is 5.18. The number of aryl methyl sites for hydroxylation is 2. The maximum absolute atomic E-state index is 12.3. The number of fused-ring (bicyclic) bond motifs is 2. The van der Waals surface area contributed by atoms with Crippen molar-refractivity contribution in [2.24, 2.45) is 0 Å². The summed E-state index contributed by atoms with van der Waals surface area (Å²) in [6.07, 6.45) is 2.76. The molecule has 30 heavy (non-hydrogen) atoms. The maximum atomic E-state index is 12.3. The lowest BCUT2D eigenvalue weighted by Gasteiger charge is -2.07. The smallest absolute Gasteiger partial charge is 0.255 e. The third-order valence-electron chi connectivity index (χ3n) is 5.18. The molecule has 0 saturated carbocycles. The van der Waals surface area contributed by atoms with Crippen molar-refractivity contribution in [3.63, 3.8) is 0 Å². The molecule has 2 aromatic carbocycles. The number of hydrogen-bond acceptors (Lipinski definition) is 3. The molecule has 0 saturated heterocycles. The van der Waals surface area contributed by atoms with Crippen LogP contribution in [0.5, 0.6) is 0 Å². The summed E-state index contributed by atoms with van der Waals surface area (Å²) < 4.78 is 0. The minimum absolute atomic E-state index is 0.0927. The second kappa shape index (κ2) is 7.83. The highest BCUT2D eigenvalue weighted by Crippen LogP contribution is 2.17. The summed E-state index contributed by atoms with van der Waals surface area (Å²) >= 11 is 0. The standard InChI is InChI=1S/C24H21N3O3/c1-14-9-18-12-19(24(30)27-21(18)10-15(14)2)13-25-22(28)8-7-17-11-16-5-3-4-6-20(16)26-23(17)29/h3-12H,13H2,1-2H3,(H,25,28)(H,26,29)(H,27,30)/b8-7+. The molecule has 0 aliphatic rings. The molecule has 4 rings (SSSR count). The van der Waals surface area contributed by atoms with Crippen molar-refractivity contribution in [2.75, 3.05) is 0 Å². The van der Waals surface area contributed by atoms with Crippen LogP contribution in [0.1, 0.15) is 22.3 Å². The first kappa shape index (κ1) is 19.4. The number of rotatable bonds is 4. The molecule has 0 aliphatic heterocycles. The van der Waals surface area contributed by atoms with Gasteiger partial charge in [0.2, 0.25) is 5.91 Å². The number of aromatic nitrogens is 2. The molecule has 0 aliphatic carbocycles. The van der Waals surface area contributed by atoms with E-state index in [-0.39, 0.29) is 23.6 Å². The number of amides is 1. The van der Waals surface area contributed by atoms with E-state index in [2.05, 4.69) is 15.3 Å². The third kappa shape index (κ3) is 3.93. The minimum atomic E-state index is -0.387. The zero-order valence-electron chi connectivity index (χ0n) is 16.7. The Labute approximate surface area is 172 Å². The number of para-hydroxylation sites is 1. The first-order valence-corrected chi connectivity index (χ1v) is 9.62. The van der Waals surface area contributed by atoms with E-state index in [4.69, 9.17) is 0 Å². The molecule has 0 radical (unpaired) electrons. The van der Waals surface area contributed by atoms with E-state index in [1.54, 1.807) is 12.1 Å². The van der Waals surface area contributed by atoms with Gasteiger partial charge in [-0.1, -0.05) is 18.2 Å². The molecule has 0 fully saturated rings. The fraction of sp³-hybridized carbons (Fsp3) is 0.125. The van der Waals surface area contributed by atoms with E-state index in [1.807, 2.05) is 50.2 Å². The largest absolute Gasteiger partial charge is 0.348 e. The van der Waals surface area contributed by atoms with E-state index in [9.17, 15) is 14.4 Å². The molecule has 2 aromatic heterocycles. The van der Waals surface area contributed by atoms with Crippen molar-refractivity contribution in [3.8, 4) is 0 Å². The quantitative estimate of drug-likeness (QED) is 0.460. The molecule has 0 spiro atoms. The van der Waals surface area contributed by atoms with Crippen molar-refractivity contribution in [1.82, 2.24) is 15.3 Å². The van der Waals surface area contributed by atoms with Gasteiger partial charge in [-0.05, 0) is 72.2 Å². The van der Waals surface area contributed by atoms with Crippen LogP contribution in [0.15, 0.2) is 64.2 Å². The number of hydrogen-bond donors (Lipinski definition) is 3. The second-order valence-corrected chi connectivity index (χ2v) is 7.34. The summed E-state index contributed by atoms with van der Waals surface area (Å²) in [6, 6.07) is 14.9. The van der Waals surface area contributed by atoms with Crippen molar-refractivity contribution in [3.05, 3.63) is 97.6 Å². The monoisotopic (exact) mass is 399 g/mol. The SMILES string of the molecule is Cc1cc2cc(CNC(=O)/C=C/c3cc4ccccc4[nH]c3=O)c(=O)[nH]c2cc1C. The predicted molar refractivity (Wildman–Crippen MR) is 119 cm³/mol. The molecular formula is C24H21N3O3. The molecule has 150 valence electrons. The Kier molecular flexibility index (Phi) is 5.06. The van der Waals surface area contributed by atoms with Gasteiger partial charge in [0.05, 0.1) is 0 Å². The van der Waals surface area contributed by atoms with E-state index >= 15 is 0 Å². The summed E-state index contributed by atoms with van der Waals surface area (Å²) in [5.74, 6) is -0.387. The number of H-pyrrole nitrogens is 2. The Hall–Kier alpha value is -3.93. The maximum Gasteiger partial charge on any atom is 0.255 e. The molecule has 6 heteroatoms. The number of aromatic amines is 2. The summed E-state index contributed by atoms with van der Waals surface area (Å²) in [4.78, 5) is 42.3. The number of pyridine rings is 2. The Balaban J connectivity index is 1.50. The summed E-state index contributed by atoms with van der Waals surface area (Å²) in [5.41, 5.74) is 4.10. The van der Waals surface area contributed by atoms with Crippen LogP contribution in [0, 0.1) is 13.8 Å². The van der Waals surface area contributed by atoms with Gasteiger partial charge >= 0.3 is 0 Å². The second-order valence-electron chi connectivity index (χ2n) is 7.34. The zero-order valence-corrected chi connectivity index (χ0v) is 16.7. The number of benzene rings is 2. The normalized spacial score (nSPS) is 11.4. The Bertz CT molecular complexity index is 1430. The fourth-order valence-electron chi connectivity index (χ4n) is 3.35. The summed E-state index contributed by atoms with van der Waals surface area (Å²) in [6.45, 7) is 4.10. The van der Waals surface area contributed by atoms with Crippen LogP contribution in [0.2, 0.25) is 0 Å². The van der Waals surface area contributed by atoms with Gasteiger partial charge in [-0.15, -0.1) is 0 Å². The average molecular weight is 399 g/mol. The molecule has 0 bridgehead atoms. The van der Waals surface area contributed by atoms with Gasteiger partial charge in [0.1, 0.15) is 0 Å². The van der Waals surface area contributed by atoms with Crippen LogP contribution in [0.4, 0.5) is 0 Å². The van der Waals surface area contributed by atoms with E-state index < -0.39 is 0 Å². The number of carbonyl (C=O) groups is 1. The molecule has 4 aromatic rings. The van der Waals surface area contributed by atoms with Gasteiger partial charge in [0.15, 0.2) is 0 Å². The lowest BCUT2D eigenvalue weighted by atomic mass is 10.0.